The molecule has 17 heavy (non-hydrogen) atoms. The molecule has 0 amide bonds. The van der Waals surface area contributed by atoms with Crippen molar-refractivity contribution in [3.8, 4) is 0 Å². The second-order valence-corrected chi connectivity index (χ2v) is 9.64. The van der Waals surface area contributed by atoms with Crippen LogP contribution in [0.3, 0.4) is 0 Å². The topological polar surface area (TPSA) is 9.23 Å². The molecule has 1 nitrogen and oxygen atoms in total. The Morgan fingerprint density at radius 1 is 0.824 bits per heavy atom. The summed E-state index contributed by atoms with van der Waals surface area (Å²) in [5, 5.41) is 2.62. The highest BCUT2D eigenvalue weighted by molar-refractivity contribution is 6.88. The molecule has 0 saturated carbocycles. The molecule has 2 radical (unpaired) electrons. The first-order valence-corrected chi connectivity index (χ1v) is 9.55. The lowest BCUT2D eigenvalue weighted by Crippen LogP contribution is -2.47. The second-order valence-electron chi connectivity index (χ2n) is 4.45. The molecule has 3 heteroatoms. The Morgan fingerprint density at radius 3 is 1.94 bits per heavy atom. The molecule has 0 aliphatic heterocycles. The Bertz CT molecular complexity index is 454. The Hall–Kier alpha value is -1.17. The maximum absolute atomic E-state index is 6.17. The summed E-state index contributed by atoms with van der Waals surface area (Å²) in [7, 11) is -1.31. The standard InChI is InChI=1S/C14H16OSi2/c1-17(2,14-11-7-4-8-12-14)15-16-13-9-5-3-6-10-13/h3-12H,1-2H3. The smallest absolute Gasteiger partial charge is 0.257 e. The van der Waals surface area contributed by atoms with Gasteiger partial charge in [-0.3, -0.25) is 0 Å². The molecule has 86 valence electrons. The SMILES string of the molecule is C[Si](C)(O[Si]c1ccccc1)c1ccccc1. The first-order chi connectivity index (χ1) is 8.18. The highest BCUT2D eigenvalue weighted by atomic mass is 28.4. The van der Waals surface area contributed by atoms with Crippen LogP contribution in [0.15, 0.2) is 60.7 Å². The molecule has 0 spiro atoms. The lowest BCUT2D eigenvalue weighted by atomic mass is 10.4. The van der Waals surface area contributed by atoms with Crippen molar-refractivity contribution < 1.29 is 4.12 Å². The number of rotatable bonds is 4. The highest BCUT2D eigenvalue weighted by Crippen LogP contribution is 2.04. The fraction of sp³-hybridized carbons (Fsp3) is 0.143. The van der Waals surface area contributed by atoms with Crippen molar-refractivity contribution >= 4 is 28.5 Å². The molecular formula is C14H16OSi2. The molecule has 0 aromatic heterocycles. The van der Waals surface area contributed by atoms with Crippen LogP contribution >= 0.6 is 0 Å². The van der Waals surface area contributed by atoms with E-state index in [1.165, 1.54) is 10.4 Å². The van der Waals surface area contributed by atoms with E-state index >= 15 is 0 Å². The van der Waals surface area contributed by atoms with Crippen molar-refractivity contribution in [3.05, 3.63) is 60.7 Å². The van der Waals surface area contributed by atoms with E-state index in [0.717, 1.165) is 0 Å². The molecule has 2 rings (SSSR count). The van der Waals surface area contributed by atoms with Crippen LogP contribution in [0.1, 0.15) is 0 Å². The zero-order valence-corrected chi connectivity index (χ0v) is 12.2. The minimum absolute atomic E-state index is 0.443. The lowest BCUT2D eigenvalue weighted by Gasteiger charge is -2.23. The van der Waals surface area contributed by atoms with Gasteiger partial charge in [0.2, 0.25) is 8.32 Å². The van der Waals surface area contributed by atoms with Gasteiger partial charge in [0, 0.05) is 0 Å². The maximum Gasteiger partial charge on any atom is 0.257 e. The van der Waals surface area contributed by atoms with E-state index in [4.69, 9.17) is 4.12 Å². The molecule has 0 aliphatic rings. The van der Waals surface area contributed by atoms with Crippen LogP contribution in [0.5, 0.6) is 0 Å². The third kappa shape index (κ3) is 3.39. The van der Waals surface area contributed by atoms with Crippen LogP contribution in [0, 0.1) is 0 Å². The Morgan fingerprint density at radius 2 is 1.35 bits per heavy atom. The molecule has 0 fully saturated rings. The van der Waals surface area contributed by atoms with Crippen LogP contribution in [0.4, 0.5) is 0 Å². The number of hydrogen-bond donors (Lipinski definition) is 0. The maximum atomic E-state index is 6.17. The average Bonchev–Trinajstić information content (AvgIpc) is 2.39. The van der Waals surface area contributed by atoms with Crippen molar-refractivity contribution in [3.63, 3.8) is 0 Å². The van der Waals surface area contributed by atoms with Crippen molar-refractivity contribution in [2.45, 2.75) is 13.1 Å². The predicted octanol–water partition coefficient (Wildman–Crippen LogP) is 2.06. The summed E-state index contributed by atoms with van der Waals surface area (Å²) in [5.41, 5.74) is 0. The van der Waals surface area contributed by atoms with Gasteiger partial charge in [-0.05, 0) is 23.5 Å². The Kier molecular flexibility index (Phi) is 3.94. The van der Waals surface area contributed by atoms with Gasteiger partial charge in [-0.1, -0.05) is 60.7 Å². The Balaban J connectivity index is 2.03. The fourth-order valence-electron chi connectivity index (χ4n) is 1.59. The van der Waals surface area contributed by atoms with Gasteiger partial charge in [-0.2, -0.15) is 0 Å². The van der Waals surface area contributed by atoms with Crippen molar-refractivity contribution in [2.75, 3.05) is 0 Å². The normalized spacial score (nSPS) is 11.4. The largest absolute Gasteiger partial charge is 0.449 e. The van der Waals surface area contributed by atoms with E-state index in [1.807, 2.05) is 12.1 Å². The number of hydrogen-bond acceptors (Lipinski definition) is 1. The molecule has 0 aliphatic carbocycles. The van der Waals surface area contributed by atoms with E-state index in [-0.39, 0.29) is 0 Å². The van der Waals surface area contributed by atoms with Crippen molar-refractivity contribution in [1.29, 1.82) is 0 Å². The van der Waals surface area contributed by atoms with E-state index < -0.39 is 8.32 Å². The van der Waals surface area contributed by atoms with Crippen LogP contribution in [0.25, 0.3) is 0 Å². The molecule has 0 bridgehead atoms. The van der Waals surface area contributed by atoms with Gasteiger partial charge in [-0.15, -0.1) is 0 Å². The summed E-state index contributed by atoms with van der Waals surface area (Å²) in [6.45, 7) is 4.50. The molecule has 0 atom stereocenters. The predicted molar refractivity (Wildman–Crippen MR) is 76.5 cm³/mol. The quantitative estimate of drug-likeness (QED) is 0.761. The highest BCUT2D eigenvalue weighted by Gasteiger charge is 2.24. The van der Waals surface area contributed by atoms with Crippen molar-refractivity contribution in [1.82, 2.24) is 0 Å². The molecule has 0 N–H and O–H groups in total. The van der Waals surface area contributed by atoms with E-state index in [2.05, 4.69) is 61.6 Å². The minimum Gasteiger partial charge on any atom is -0.449 e. The van der Waals surface area contributed by atoms with Gasteiger partial charge >= 0.3 is 0 Å². The molecule has 0 saturated heterocycles. The lowest BCUT2D eigenvalue weighted by molar-refractivity contribution is 0.616. The van der Waals surface area contributed by atoms with Gasteiger partial charge in [0.05, 0.1) is 0 Å². The van der Waals surface area contributed by atoms with Crippen molar-refractivity contribution in [2.24, 2.45) is 0 Å². The van der Waals surface area contributed by atoms with Gasteiger partial charge in [-0.25, -0.2) is 0 Å². The van der Waals surface area contributed by atoms with Crippen LogP contribution < -0.4 is 10.4 Å². The molecular weight excluding hydrogens is 240 g/mol. The van der Waals surface area contributed by atoms with Crippen LogP contribution in [-0.2, 0) is 4.12 Å². The van der Waals surface area contributed by atoms with E-state index in [9.17, 15) is 0 Å². The molecule has 0 heterocycles. The minimum atomic E-state index is -1.75. The molecule has 2 aromatic rings. The fourth-order valence-corrected chi connectivity index (χ4v) is 4.88. The molecule has 2 aromatic carbocycles. The summed E-state index contributed by atoms with van der Waals surface area (Å²) in [4.78, 5) is 0. The van der Waals surface area contributed by atoms with Gasteiger partial charge < -0.3 is 4.12 Å². The summed E-state index contributed by atoms with van der Waals surface area (Å²) in [6.07, 6.45) is 0. The average molecular weight is 256 g/mol. The molecule has 0 unspecified atom stereocenters. The van der Waals surface area contributed by atoms with Crippen LogP contribution in [0.2, 0.25) is 13.1 Å². The van der Waals surface area contributed by atoms with Gasteiger partial charge in [0.1, 0.15) is 0 Å². The van der Waals surface area contributed by atoms with Crippen LogP contribution in [-0.4, -0.2) is 18.1 Å². The summed E-state index contributed by atoms with van der Waals surface area (Å²) >= 11 is 0. The van der Waals surface area contributed by atoms with Gasteiger partial charge in [0.25, 0.3) is 9.76 Å². The second kappa shape index (κ2) is 5.44. The summed E-state index contributed by atoms with van der Waals surface area (Å²) in [6, 6.07) is 20.9. The third-order valence-electron chi connectivity index (χ3n) is 2.67. The first-order valence-electron chi connectivity index (χ1n) is 5.73. The first kappa shape index (κ1) is 12.3. The summed E-state index contributed by atoms with van der Waals surface area (Å²) in [5.74, 6) is 0. The van der Waals surface area contributed by atoms with E-state index in [1.54, 1.807) is 0 Å². The zero-order chi connectivity index (χ0) is 12.1. The zero-order valence-electron chi connectivity index (χ0n) is 10.2. The third-order valence-corrected chi connectivity index (χ3v) is 7.41. The monoisotopic (exact) mass is 256 g/mol. The Labute approximate surface area is 107 Å². The van der Waals surface area contributed by atoms with Gasteiger partial charge in [0.15, 0.2) is 0 Å². The summed E-state index contributed by atoms with van der Waals surface area (Å²) < 4.78 is 6.17. The van der Waals surface area contributed by atoms with E-state index in [0.29, 0.717) is 9.76 Å². The number of benzene rings is 2.